The Bertz CT molecular complexity index is 651. The van der Waals surface area contributed by atoms with Crippen LogP contribution < -0.4 is 5.32 Å². The third-order valence-corrected chi connectivity index (χ3v) is 4.71. The van der Waals surface area contributed by atoms with Crippen LogP contribution in [0.25, 0.3) is 0 Å². The second-order valence-electron chi connectivity index (χ2n) is 6.10. The smallest absolute Gasteiger partial charge is 0.0571 e. The first-order chi connectivity index (χ1) is 9.45. The van der Waals surface area contributed by atoms with Gasteiger partial charge < -0.3 is 5.32 Å². The van der Waals surface area contributed by atoms with Crippen LogP contribution in [-0.2, 0) is 6.42 Å². The van der Waals surface area contributed by atoms with Crippen molar-refractivity contribution >= 4 is 33.2 Å². The molecule has 0 aromatic heterocycles. The predicted octanol–water partition coefficient (Wildman–Crippen LogP) is 5.84. The van der Waals surface area contributed by atoms with Gasteiger partial charge in [0.2, 0.25) is 0 Å². The molecule has 0 fully saturated rings. The van der Waals surface area contributed by atoms with Gasteiger partial charge >= 0.3 is 0 Å². The molecule has 20 heavy (non-hydrogen) atoms. The Morgan fingerprint density at radius 3 is 2.75 bits per heavy atom. The fraction of sp³-hybridized carbons (Fsp3) is 0.294. The van der Waals surface area contributed by atoms with Gasteiger partial charge in [0.15, 0.2) is 0 Å². The molecule has 0 heterocycles. The Balaban J connectivity index is 1.98. The van der Waals surface area contributed by atoms with Crippen LogP contribution in [0, 0.1) is 5.41 Å². The molecule has 3 heteroatoms. The first kappa shape index (κ1) is 14.0. The number of benzene rings is 2. The van der Waals surface area contributed by atoms with Crippen LogP contribution in [0.3, 0.4) is 0 Å². The van der Waals surface area contributed by atoms with Crippen LogP contribution in [0.5, 0.6) is 0 Å². The van der Waals surface area contributed by atoms with Crippen LogP contribution in [0.2, 0.25) is 5.02 Å². The highest BCUT2D eigenvalue weighted by atomic mass is 79.9. The normalized spacial score (nSPS) is 19.7. The standard InChI is InChI=1S/C17H17BrClN/c1-17(2)10-11-6-7-13(19)9-15(11)16(17)20-14-5-3-4-12(18)8-14/h3-9,16,20H,10H2,1-2H3. The number of nitrogens with one attached hydrogen (secondary N) is 1. The van der Waals surface area contributed by atoms with Crippen molar-refractivity contribution < 1.29 is 0 Å². The van der Waals surface area contributed by atoms with Gasteiger partial charge in [-0.05, 0) is 53.3 Å². The maximum absolute atomic E-state index is 6.17. The lowest BCUT2D eigenvalue weighted by molar-refractivity contribution is 0.337. The summed E-state index contributed by atoms with van der Waals surface area (Å²) in [6.45, 7) is 4.60. The number of hydrogen-bond donors (Lipinski definition) is 1. The van der Waals surface area contributed by atoms with Crippen LogP contribution >= 0.6 is 27.5 Å². The molecule has 1 atom stereocenters. The van der Waals surface area contributed by atoms with Crippen molar-refractivity contribution in [2.45, 2.75) is 26.3 Å². The first-order valence-corrected chi connectivity index (χ1v) is 7.93. The molecule has 1 aliphatic rings. The molecule has 0 spiro atoms. The highest BCUT2D eigenvalue weighted by molar-refractivity contribution is 9.10. The molecule has 1 nitrogen and oxygen atoms in total. The Kier molecular flexibility index (Phi) is 3.55. The van der Waals surface area contributed by atoms with Gasteiger partial charge in [0.1, 0.15) is 0 Å². The van der Waals surface area contributed by atoms with Gasteiger partial charge in [0.05, 0.1) is 6.04 Å². The molecule has 0 radical (unpaired) electrons. The molecule has 1 aliphatic carbocycles. The highest BCUT2D eigenvalue weighted by Crippen LogP contribution is 2.47. The van der Waals surface area contributed by atoms with Crippen molar-refractivity contribution in [2.75, 3.05) is 5.32 Å². The Hall–Kier alpha value is -0.990. The summed E-state index contributed by atoms with van der Waals surface area (Å²) in [5.41, 5.74) is 4.02. The van der Waals surface area contributed by atoms with Crippen LogP contribution in [-0.4, -0.2) is 0 Å². The summed E-state index contributed by atoms with van der Waals surface area (Å²) in [5.74, 6) is 0. The fourth-order valence-electron chi connectivity index (χ4n) is 3.03. The van der Waals surface area contributed by atoms with Gasteiger partial charge in [0, 0.05) is 15.2 Å². The van der Waals surface area contributed by atoms with Gasteiger partial charge in [-0.25, -0.2) is 0 Å². The molecule has 0 amide bonds. The molecule has 2 aromatic rings. The van der Waals surface area contributed by atoms with Crippen molar-refractivity contribution in [1.82, 2.24) is 0 Å². The first-order valence-electron chi connectivity index (χ1n) is 6.76. The van der Waals surface area contributed by atoms with Crippen molar-refractivity contribution in [3.05, 3.63) is 63.1 Å². The largest absolute Gasteiger partial charge is 0.378 e. The van der Waals surface area contributed by atoms with E-state index in [0.717, 1.165) is 21.6 Å². The zero-order chi connectivity index (χ0) is 14.3. The lowest BCUT2D eigenvalue weighted by atomic mass is 9.85. The average Bonchev–Trinajstić information content (AvgIpc) is 2.61. The highest BCUT2D eigenvalue weighted by Gasteiger charge is 2.38. The van der Waals surface area contributed by atoms with E-state index in [0.29, 0.717) is 0 Å². The van der Waals surface area contributed by atoms with E-state index in [-0.39, 0.29) is 11.5 Å². The molecule has 0 bridgehead atoms. The molecule has 0 saturated heterocycles. The topological polar surface area (TPSA) is 12.0 Å². The maximum Gasteiger partial charge on any atom is 0.0571 e. The van der Waals surface area contributed by atoms with E-state index in [4.69, 9.17) is 11.6 Å². The molecule has 3 rings (SSSR count). The summed E-state index contributed by atoms with van der Waals surface area (Å²) >= 11 is 9.70. The minimum atomic E-state index is 0.176. The summed E-state index contributed by atoms with van der Waals surface area (Å²) in [5, 5.41) is 4.47. The summed E-state index contributed by atoms with van der Waals surface area (Å²) in [4.78, 5) is 0. The van der Waals surface area contributed by atoms with E-state index in [2.05, 4.69) is 59.4 Å². The van der Waals surface area contributed by atoms with E-state index >= 15 is 0 Å². The molecular formula is C17H17BrClN. The van der Waals surface area contributed by atoms with Gasteiger partial charge in [-0.2, -0.15) is 0 Å². The number of anilines is 1. The minimum Gasteiger partial charge on any atom is -0.378 e. The third kappa shape index (κ3) is 2.59. The van der Waals surface area contributed by atoms with Crippen LogP contribution in [0.4, 0.5) is 5.69 Å². The second-order valence-corrected chi connectivity index (χ2v) is 7.45. The molecule has 0 aliphatic heterocycles. The van der Waals surface area contributed by atoms with E-state index in [1.807, 2.05) is 18.2 Å². The number of hydrogen-bond acceptors (Lipinski definition) is 1. The lowest BCUT2D eigenvalue weighted by Crippen LogP contribution is -2.24. The predicted molar refractivity (Wildman–Crippen MR) is 89.4 cm³/mol. The molecule has 1 N–H and O–H groups in total. The molecule has 104 valence electrons. The number of rotatable bonds is 2. The Labute approximate surface area is 133 Å². The zero-order valence-electron chi connectivity index (χ0n) is 11.6. The van der Waals surface area contributed by atoms with Crippen molar-refractivity contribution in [3.8, 4) is 0 Å². The molecule has 2 aromatic carbocycles. The van der Waals surface area contributed by atoms with E-state index < -0.39 is 0 Å². The molecule has 1 unspecified atom stereocenters. The Morgan fingerprint density at radius 1 is 1.20 bits per heavy atom. The van der Waals surface area contributed by atoms with Crippen molar-refractivity contribution in [3.63, 3.8) is 0 Å². The summed E-state index contributed by atoms with van der Waals surface area (Å²) in [6, 6.07) is 14.8. The van der Waals surface area contributed by atoms with Gasteiger partial charge in [-0.1, -0.05) is 53.5 Å². The maximum atomic E-state index is 6.17. The van der Waals surface area contributed by atoms with Crippen molar-refractivity contribution in [1.29, 1.82) is 0 Å². The monoisotopic (exact) mass is 349 g/mol. The van der Waals surface area contributed by atoms with E-state index in [1.165, 1.54) is 11.1 Å². The van der Waals surface area contributed by atoms with Crippen molar-refractivity contribution in [2.24, 2.45) is 5.41 Å². The van der Waals surface area contributed by atoms with Crippen LogP contribution in [0.1, 0.15) is 31.0 Å². The summed E-state index contributed by atoms with van der Waals surface area (Å²) < 4.78 is 1.09. The third-order valence-electron chi connectivity index (χ3n) is 3.98. The fourth-order valence-corrected chi connectivity index (χ4v) is 3.61. The van der Waals surface area contributed by atoms with Crippen LogP contribution in [0.15, 0.2) is 46.9 Å². The second kappa shape index (κ2) is 5.09. The van der Waals surface area contributed by atoms with E-state index in [9.17, 15) is 0 Å². The summed E-state index contributed by atoms with van der Waals surface area (Å²) in [6.07, 6.45) is 1.07. The molecule has 0 saturated carbocycles. The SMILES string of the molecule is CC1(C)Cc2ccc(Cl)cc2C1Nc1cccc(Br)c1. The lowest BCUT2D eigenvalue weighted by Gasteiger charge is -2.29. The Morgan fingerprint density at radius 2 is 2.00 bits per heavy atom. The number of halogens is 2. The van der Waals surface area contributed by atoms with Gasteiger partial charge in [-0.15, -0.1) is 0 Å². The minimum absolute atomic E-state index is 0.176. The van der Waals surface area contributed by atoms with Gasteiger partial charge in [-0.3, -0.25) is 0 Å². The summed E-state index contributed by atoms with van der Waals surface area (Å²) in [7, 11) is 0. The quantitative estimate of drug-likeness (QED) is 0.717. The van der Waals surface area contributed by atoms with Gasteiger partial charge in [0.25, 0.3) is 0 Å². The number of fused-ring (bicyclic) bond motifs is 1. The molecular weight excluding hydrogens is 334 g/mol. The zero-order valence-corrected chi connectivity index (χ0v) is 13.9. The average molecular weight is 351 g/mol. The van der Waals surface area contributed by atoms with E-state index in [1.54, 1.807) is 0 Å².